The molecule has 0 radical (unpaired) electrons. The van der Waals surface area contributed by atoms with Gasteiger partial charge >= 0.3 is 5.97 Å². The van der Waals surface area contributed by atoms with E-state index in [9.17, 15) is 15.0 Å². The maximum atomic E-state index is 11.9. The number of nitrogens with zero attached hydrogens (tertiary/aromatic N) is 2. The van der Waals surface area contributed by atoms with Crippen molar-refractivity contribution < 1.29 is 19.7 Å². The molecule has 0 saturated carbocycles. The van der Waals surface area contributed by atoms with Crippen LogP contribution in [0.5, 0.6) is 5.75 Å². The van der Waals surface area contributed by atoms with Gasteiger partial charge in [-0.05, 0) is 55.8 Å². The zero-order chi connectivity index (χ0) is 22.9. The van der Waals surface area contributed by atoms with Gasteiger partial charge in [-0.1, -0.05) is 32.6 Å². The molecule has 0 bridgehead atoms. The number of aliphatic hydroxyl groups is 1. The van der Waals surface area contributed by atoms with Crippen LogP contribution in [0.2, 0.25) is 0 Å². The summed E-state index contributed by atoms with van der Waals surface area (Å²) in [5, 5.41) is 25.1. The number of ether oxygens (including phenoxy) is 1. The minimum absolute atomic E-state index is 0.0157. The summed E-state index contributed by atoms with van der Waals surface area (Å²) in [4.78, 5) is 18.4. The fourth-order valence-electron chi connectivity index (χ4n) is 4.60. The molecule has 0 amide bonds. The van der Waals surface area contributed by atoms with E-state index in [-0.39, 0.29) is 6.04 Å². The summed E-state index contributed by atoms with van der Waals surface area (Å²) in [5.74, 6) is -0.529. The number of unbranched alkanes of at least 4 members (excludes halogenated alkanes) is 4. The van der Waals surface area contributed by atoms with Crippen molar-refractivity contribution in [3.63, 3.8) is 0 Å². The number of carboxylic acids is 1. The molecule has 1 aromatic carbocycles. The van der Waals surface area contributed by atoms with Gasteiger partial charge in [-0.15, -0.1) is 0 Å². The van der Waals surface area contributed by atoms with Crippen LogP contribution in [0.1, 0.15) is 57.1 Å². The normalized spacial score (nSPS) is 20.3. The van der Waals surface area contributed by atoms with E-state index in [1.54, 1.807) is 13.3 Å². The lowest BCUT2D eigenvalue weighted by Gasteiger charge is -2.38. The lowest BCUT2D eigenvalue weighted by atomic mass is 9.91. The second-order valence-electron chi connectivity index (χ2n) is 8.77. The molecule has 3 rings (SSSR count). The van der Waals surface area contributed by atoms with Gasteiger partial charge in [-0.25, -0.2) is 0 Å². The van der Waals surface area contributed by atoms with Gasteiger partial charge in [0.25, 0.3) is 0 Å². The van der Waals surface area contributed by atoms with E-state index in [1.165, 1.54) is 25.7 Å². The molecular weight excluding hydrogens is 406 g/mol. The molecule has 7 heteroatoms. The molecule has 3 atom stereocenters. The summed E-state index contributed by atoms with van der Waals surface area (Å²) in [6.07, 6.45) is 7.74. The van der Waals surface area contributed by atoms with Crippen LogP contribution in [0.15, 0.2) is 30.5 Å². The number of β-amino-alcohol motifs (C(OH)–C–C–N with tert-alkyl or cyclic N) is 1. The van der Waals surface area contributed by atoms with E-state index < -0.39 is 18.0 Å². The van der Waals surface area contributed by atoms with Crippen LogP contribution in [-0.2, 0) is 4.79 Å². The predicted molar refractivity (Wildman–Crippen MR) is 126 cm³/mol. The number of carboxylic acid groups (broad SMARTS) is 1. The molecule has 1 aromatic heterocycles. The Balaban J connectivity index is 1.59. The fraction of sp³-hybridized carbons (Fsp3) is 0.600. The van der Waals surface area contributed by atoms with Gasteiger partial charge in [0, 0.05) is 30.7 Å². The van der Waals surface area contributed by atoms with Crippen LogP contribution in [0, 0.1) is 5.92 Å². The number of methoxy groups -OCH3 is 1. The van der Waals surface area contributed by atoms with Crippen molar-refractivity contribution in [3.05, 3.63) is 36.0 Å². The van der Waals surface area contributed by atoms with E-state index >= 15 is 0 Å². The largest absolute Gasteiger partial charge is 0.497 e. The molecule has 0 aliphatic carbocycles. The Morgan fingerprint density at radius 2 is 2.09 bits per heavy atom. The Bertz CT molecular complexity index is 875. The Morgan fingerprint density at radius 1 is 1.28 bits per heavy atom. The number of fused-ring (bicyclic) bond motifs is 1. The second-order valence-corrected chi connectivity index (χ2v) is 8.77. The number of carbonyl (C=O) groups is 1. The summed E-state index contributed by atoms with van der Waals surface area (Å²) in [5.41, 5.74) is 1.58. The van der Waals surface area contributed by atoms with Gasteiger partial charge in [-0.2, -0.15) is 0 Å². The summed E-state index contributed by atoms with van der Waals surface area (Å²) >= 11 is 0. The molecule has 32 heavy (non-hydrogen) atoms. The highest BCUT2D eigenvalue weighted by atomic mass is 16.5. The van der Waals surface area contributed by atoms with Crippen molar-refractivity contribution in [3.8, 4) is 5.75 Å². The minimum Gasteiger partial charge on any atom is -0.497 e. The lowest BCUT2D eigenvalue weighted by Crippen LogP contribution is -2.53. The molecule has 1 aliphatic rings. The van der Waals surface area contributed by atoms with Crippen LogP contribution in [0.3, 0.4) is 0 Å². The van der Waals surface area contributed by atoms with E-state index in [0.29, 0.717) is 18.8 Å². The van der Waals surface area contributed by atoms with E-state index in [1.807, 2.05) is 24.3 Å². The molecule has 2 heterocycles. The van der Waals surface area contributed by atoms with E-state index in [0.717, 1.165) is 42.4 Å². The van der Waals surface area contributed by atoms with Gasteiger partial charge < -0.3 is 20.3 Å². The van der Waals surface area contributed by atoms with Gasteiger partial charge in [0.05, 0.1) is 24.6 Å². The number of hydrogen-bond acceptors (Lipinski definition) is 6. The van der Waals surface area contributed by atoms with Gasteiger partial charge in [0.1, 0.15) is 5.75 Å². The quantitative estimate of drug-likeness (QED) is 0.431. The molecule has 0 unspecified atom stereocenters. The average Bonchev–Trinajstić information content (AvgIpc) is 2.81. The van der Waals surface area contributed by atoms with Crippen LogP contribution in [-0.4, -0.2) is 65.4 Å². The molecular formula is C25H37N3O4. The van der Waals surface area contributed by atoms with Crippen molar-refractivity contribution in [2.24, 2.45) is 5.92 Å². The average molecular weight is 444 g/mol. The van der Waals surface area contributed by atoms with Crippen LogP contribution >= 0.6 is 0 Å². The number of likely N-dealkylation sites (tertiary alicyclic amines) is 1. The van der Waals surface area contributed by atoms with E-state index in [2.05, 4.69) is 22.1 Å². The third-order valence-corrected chi connectivity index (χ3v) is 6.47. The fourth-order valence-corrected chi connectivity index (χ4v) is 4.60. The second kappa shape index (κ2) is 12.1. The van der Waals surface area contributed by atoms with Crippen molar-refractivity contribution in [1.29, 1.82) is 0 Å². The molecule has 0 spiro atoms. The molecule has 2 aromatic rings. The Kier molecular flexibility index (Phi) is 9.26. The minimum atomic E-state index is -0.772. The number of hydrogen-bond donors (Lipinski definition) is 3. The number of pyridine rings is 1. The first-order valence-electron chi connectivity index (χ1n) is 11.8. The maximum Gasteiger partial charge on any atom is 0.309 e. The highest BCUT2D eigenvalue weighted by Crippen LogP contribution is 2.28. The molecule has 7 nitrogen and oxygen atoms in total. The standard InChI is InChI=1S/C25H37N3O4/c1-3-4-5-6-7-12-26-23-11-14-28(16-21(23)25(30)31)17-24(29)19-10-13-27-22-9-8-18(32-2)15-20(19)22/h8-10,13,15,21,23-24,26,29H,3-7,11-12,14,16-17H2,1-2H3,(H,30,31)/t21-,23-,24-/m0/s1. The summed E-state index contributed by atoms with van der Waals surface area (Å²) in [6.45, 7) is 4.66. The summed E-state index contributed by atoms with van der Waals surface area (Å²) < 4.78 is 5.33. The first-order valence-corrected chi connectivity index (χ1v) is 11.8. The molecule has 176 valence electrons. The van der Waals surface area contributed by atoms with Crippen molar-refractivity contribution in [2.45, 2.75) is 57.6 Å². The number of rotatable bonds is 12. The smallest absolute Gasteiger partial charge is 0.309 e. The van der Waals surface area contributed by atoms with Crippen molar-refractivity contribution in [1.82, 2.24) is 15.2 Å². The van der Waals surface area contributed by atoms with Gasteiger partial charge in [0.2, 0.25) is 0 Å². The Morgan fingerprint density at radius 3 is 2.84 bits per heavy atom. The molecule has 1 fully saturated rings. The van der Waals surface area contributed by atoms with Crippen LogP contribution < -0.4 is 10.1 Å². The first-order chi connectivity index (χ1) is 15.5. The first kappa shape index (κ1) is 24.4. The number of aliphatic carboxylic acids is 1. The van der Waals surface area contributed by atoms with Crippen LogP contribution in [0.25, 0.3) is 10.9 Å². The van der Waals surface area contributed by atoms with Crippen molar-refractivity contribution in [2.75, 3.05) is 33.3 Å². The highest BCUT2D eigenvalue weighted by Gasteiger charge is 2.34. The van der Waals surface area contributed by atoms with E-state index in [4.69, 9.17) is 4.74 Å². The maximum absolute atomic E-state index is 11.9. The Hall–Kier alpha value is -2.22. The number of piperidine rings is 1. The summed E-state index contributed by atoms with van der Waals surface area (Å²) in [6, 6.07) is 7.43. The third kappa shape index (κ3) is 6.40. The molecule has 3 N–H and O–H groups in total. The molecule has 1 aliphatic heterocycles. The zero-order valence-electron chi connectivity index (χ0n) is 19.3. The zero-order valence-corrected chi connectivity index (χ0v) is 19.3. The SMILES string of the molecule is CCCCCCCN[C@H]1CCN(C[C@H](O)c2ccnc3ccc(OC)cc23)C[C@@H]1C(=O)O. The lowest BCUT2D eigenvalue weighted by molar-refractivity contribution is -0.145. The summed E-state index contributed by atoms with van der Waals surface area (Å²) in [7, 11) is 1.61. The number of nitrogens with one attached hydrogen (secondary N) is 1. The van der Waals surface area contributed by atoms with Crippen LogP contribution in [0.4, 0.5) is 0 Å². The topological polar surface area (TPSA) is 94.9 Å². The highest BCUT2D eigenvalue weighted by molar-refractivity contribution is 5.83. The monoisotopic (exact) mass is 443 g/mol. The number of aromatic nitrogens is 1. The predicted octanol–water partition coefficient (Wildman–Crippen LogP) is 3.61. The Labute approximate surface area is 190 Å². The number of aliphatic hydroxyl groups excluding tert-OH is 1. The van der Waals surface area contributed by atoms with Crippen molar-refractivity contribution >= 4 is 16.9 Å². The van der Waals surface area contributed by atoms with Gasteiger partial charge in [0.15, 0.2) is 0 Å². The third-order valence-electron chi connectivity index (χ3n) is 6.47. The molecule has 1 saturated heterocycles. The number of benzene rings is 1. The van der Waals surface area contributed by atoms with Gasteiger partial charge in [-0.3, -0.25) is 14.7 Å².